The molecule has 13 heavy (non-hydrogen) atoms. The Morgan fingerprint density at radius 1 is 1.08 bits per heavy atom. The highest BCUT2D eigenvalue weighted by Crippen LogP contribution is 2.12. The Kier molecular flexibility index (Phi) is 4.94. The number of nitrogens with zero attached hydrogens (tertiary/aromatic N) is 2. The highest BCUT2D eigenvalue weighted by atomic mass is 32.1. The minimum absolute atomic E-state index is 0.134. The monoisotopic (exact) mass is 219 g/mol. The van der Waals surface area contributed by atoms with Crippen LogP contribution < -0.4 is 0 Å². The molecule has 0 bridgehead atoms. The third kappa shape index (κ3) is 3.70. The molecule has 0 radical (unpaired) electrons. The highest BCUT2D eigenvalue weighted by Gasteiger charge is 2.16. The van der Waals surface area contributed by atoms with Crippen molar-refractivity contribution in [2.45, 2.75) is 24.1 Å². The summed E-state index contributed by atoms with van der Waals surface area (Å²) in [7, 11) is 0. The average molecular weight is 219 g/mol. The first-order valence-electron chi connectivity index (χ1n) is 4.78. The van der Waals surface area contributed by atoms with Crippen LogP contribution in [0.2, 0.25) is 0 Å². The Labute approximate surface area is 92.5 Å². The molecule has 1 rings (SSSR count). The minimum Gasteiger partial charge on any atom is -0.319 e. The first-order valence-corrected chi connectivity index (χ1v) is 5.82. The molecule has 1 saturated heterocycles. The van der Waals surface area contributed by atoms with Crippen molar-refractivity contribution in [3.8, 4) is 0 Å². The van der Waals surface area contributed by atoms with Gasteiger partial charge in [0.05, 0.1) is 0 Å². The van der Waals surface area contributed by atoms with Crippen molar-refractivity contribution in [3.05, 3.63) is 6.92 Å². The maximum absolute atomic E-state index is 4.44. The second-order valence-electron chi connectivity index (χ2n) is 3.54. The lowest BCUT2D eigenvalue weighted by Crippen LogP contribution is -2.36. The maximum atomic E-state index is 4.44. The van der Waals surface area contributed by atoms with Crippen LogP contribution in [0.4, 0.5) is 0 Å². The molecular formula is C9H19N2S2-. The quantitative estimate of drug-likeness (QED) is 0.535. The summed E-state index contributed by atoms with van der Waals surface area (Å²) in [4.78, 5) is 4.69. The van der Waals surface area contributed by atoms with Crippen LogP contribution >= 0.6 is 25.3 Å². The fourth-order valence-electron chi connectivity index (χ4n) is 1.63. The van der Waals surface area contributed by atoms with E-state index >= 15 is 0 Å². The zero-order valence-corrected chi connectivity index (χ0v) is 9.98. The lowest BCUT2D eigenvalue weighted by Gasteiger charge is -2.29. The molecular weight excluding hydrogens is 200 g/mol. The summed E-state index contributed by atoms with van der Waals surface area (Å²) < 4.78 is 0. The summed E-state index contributed by atoms with van der Waals surface area (Å²) in [5.74, 6) is 0. The largest absolute Gasteiger partial charge is 0.319 e. The van der Waals surface area contributed by atoms with Gasteiger partial charge in [-0.15, -0.1) is 0 Å². The molecule has 1 heterocycles. The summed E-state index contributed by atoms with van der Waals surface area (Å²) in [6.45, 7) is 10.4. The molecule has 2 atom stereocenters. The van der Waals surface area contributed by atoms with Gasteiger partial charge in [0, 0.05) is 25.0 Å². The van der Waals surface area contributed by atoms with E-state index in [1.165, 1.54) is 6.42 Å². The van der Waals surface area contributed by atoms with Gasteiger partial charge in [-0.3, -0.25) is 4.90 Å². The lowest BCUT2D eigenvalue weighted by molar-refractivity contribution is 0.257. The molecule has 78 valence electrons. The molecule has 0 N–H and O–H groups in total. The van der Waals surface area contributed by atoms with Crippen LogP contribution in [0.3, 0.4) is 0 Å². The van der Waals surface area contributed by atoms with Crippen LogP contribution in [-0.4, -0.2) is 46.7 Å². The number of rotatable bonds is 2. The maximum Gasteiger partial charge on any atom is 0.0499 e. The van der Waals surface area contributed by atoms with Gasteiger partial charge in [0.2, 0.25) is 0 Å². The SMILES string of the molecule is [CH2-]C(S)N1CCCN(C(C)S)CC1. The van der Waals surface area contributed by atoms with E-state index < -0.39 is 0 Å². The smallest absolute Gasteiger partial charge is 0.0499 e. The van der Waals surface area contributed by atoms with E-state index in [4.69, 9.17) is 0 Å². The van der Waals surface area contributed by atoms with E-state index in [0.29, 0.717) is 5.37 Å². The molecule has 0 spiro atoms. The molecule has 1 fully saturated rings. The summed E-state index contributed by atoms with van der Waals surface area (Å²) in [6, 6.07) is 0. The van der Waals surface area contributed by atoms with E-state index in [1.807, 2.05) is 0 Å². The molecule has 0 amide bonds. The van der Waals surface area contributed by atoms with Crippen LogP contribution in [0.15, 0.2) is 0 Å². The molecule has 1 aliphatic rings. The van der Waals surface area contributed by atoms with E-state index in [1.54, 1.807) is 0 Å². The Morgan fingerprint density at radius 2 is 1.62 bits per heavy atom. The van der Waals surface area contributed by atoms with Gasteiger partial charge >= 0.3 is 0 Å². The van der Waals surface area contributed by atoms with Crippen LogP contribution in [0.25, 0.3) is 0 Å². The molecule has 0 aliphatic carbocycles. The Hall–Kier alpha value is 0.620. The Balaban J connectivity index is 2.39. The molecule has 4 heteroatoms. The van der Waals surface area contributed by atoms with Crippen molar-refractivity contribution >= 4 is 25.3 Å². The Bertz CT molecular complexity index is 135. The lowest BCUT2D eigenvalue weighted by atomic mass is 10.4. The molecule has 0 aromatic heterocycles. The summed E-state index contributed by atoms with van der Waals surface area (Å²) in [6.07, 6.45) is 1.19. The predicted octanol–water partition coefficient (Wildman–Crippen LogP) is 1.36. The van der Waals surface area contributed by atoms with Gasteiger partial charge in [-0.25, -0.2) is 0 Å². The van der Waals surface area contributed by atoms with E-state index in [2.05, 4.69) is 48.9 Å². The number of hydrogen-bond acceptors (Lipinski definition) is 4. The fraction of sp³-hybridized carbons (Fsp3) is 0.889. The standard InChI is InChI=1S/C9H19N2S2/c1-8(12)10-4-3-5-11(7-6-10)9(2)13/h8-9,12-13H,1,3-7H2,2H3/q-1. The second kappa shape index (κ2) is 5.49. The zero-order valence-electron chi connectivity index (χ0n) is 8.19. The van der Waals surface area contributed by atoms with Gasteiger partial charge in [-0.2, -0.15) is 25.3 Å². The van der Waals surface area contributed by atoms with Crippen molar-refractivity contribution in [1.29, 1.82) is 0 Å². The normalized spacial score (nSPS) is 26.8. The first kappa shape index (κ1) is 11.7. The van der Waals surface area contributed by atoms with Crippen LogP contribution in [0.1, 0.15) is 13.3 Å². The zero-order chi connectivity index (χ0) is 9.84. The van der Waals surface area contributed by atoms with Crippen molar-refractivity contribution in [3.63, 3.8) is 0 Å². The third-order valence-corrected chi connectivity index (χ3v) is 3.17. The molecule has 1 aliphatic heterocycles. The predicted molar refractivity (Wildman–Crippen MR) is 64.3 cm³/mol. The van der Waals surface area contributed by atoms with Crippen LogP contribution in [0.5, 0.6) is 0 Å². The Morgan fingerprint density at radius 3 is 2.15 bits per heavy atom. The van der Waals surface area contributed by atoms with Crippen LogP contribution in [-0.2, 0) is 0 Å². The fourth-order valence-corrected chi connectivity index (χ4v) is 2.09. The minimum atomic E-state index is 0.134. The summed E-state index contributed by atoms with van der Waals surface area (Å²) >= 11 is 8.79. The van der Waals surface area contributed by atoms with Gasteiger partial charge < -0.3 is 11.8 Å². The summed E-state index contributed by atoms with van der Waals surface area (Å²) in [5.41, 5.74) is 0. The van der Waals surface area contributed by atoms with Gasteiger partial charge in [0.15, 0.2) is 0 Å². The topological polar surface area (TPSA) is 6.48 Å². The third-order valence-electron chi connectivity index (χ3n) is 2.52. The van der Waals surface area contributed by atoms with Gasteiger partial charge in [-0.05, 0) is 19.9 Å². The van der Waals surface area contributed by atoms with Crippen molar-refractivity contribution in [2.75, 3.05) is 26.2 Å². The first-order chi connectivity index (χ1) is 6.11. The van der Waals surface area contributed by atoms with Gasteiger partial charge in [0.25, 0.3) is 0 Å². The molecule has 0 aromatic rings. The molecule has 0 aromatic carbocycles. The van der Waals surface area contributed by atoms with E-state index in [9.17, 15) is 0 Å². The number of thiol groups is 2. The molecule has 0 saturated carbocycles. The van der Waals surface area contributed by atoms with Crippen molar-refractivity contribution in [2.24, 2.45) is 0 Å². The van der Waals surface area contributed by atoms with E-state index in [0.717, 1.165) is 26.2 Å². The van der Waals surface area contributed by atoms with Gasteiger partial charge in [0.1, 0.15) is 0 Å². The number of hydrogen-bond donors (Lipinski definition) is 2. The second-order valence-corrected chi connectivity index (χ2v) is 4.88. The summed E-state index contributed by atoms with van der Waals surface area (Å²) in [5, 5.41) is 0.498. The molecule has 2 unspecified atom stereocenters. The average Bonchev–Trinajstić information content (AvgIpc) is 2.27. The van der Waals surface area contributed by atoms with E-state index in [-0.39, 0.29) is 5.37 Å². The molecule has 2 nitrogen and oxygen atoms in total. The van der Waals surface area contributed by atoms with Crippen LogP contribution in [0, 0.1) is 6.92 Å². The van der Waals surface area contributed by atoms with Crippen molar-refractivity contribution in [1.82, 2.24) is 9.80 Å². The highest BCUT2D eigenvalue weighted by molar-refractivity contribution is 7.81. The van der Waals surface area contributed by atoms with Crippen molar-refractivity contribution < 1.29 is 0 Å². The van der Waals surface area contributed by atoms with Gasteiger partial charge in [-0.1, -0.05) is 5.37 Å².